The molecule has 10 nitrogen and oxygen atoms in total. The Kier molecular flexibility index (Phi) is 8.87. The van der Waals surface area contributed by atoms with Crippen LogP contribution in [0.15, 0.2) is 109 Å². The van der Waals surface area contributed by atoms with E-state index in [1.807, 2.05) is 106 Å². The normalized spacial score (nSPS) is 13.5. The second kappa shape index (κ2) is 13.7. The molecular weight excluding hydrogens is 618 g/mol. The van der Waals surface area contributed by atoms with Crippen molar-refractivity contribution >= 4 is 56.7 Å². The van der Waals surface area contributed by atoms with Crippen LogP contribution < -0.4 is 15.5 Å². The van der Waals surface area contributed by atoms with E-state index in [1.165, 1.54) is 0 Å². The Morgan fingerprint density at radius 3 is 1.88 bits per heavy atom. The van der Waals surface area contributed by atoms with E-state index in [4.69, 9.17) is 4.74 Å². The summed E-state index contributed by atoms with van der Waals surface area (Å²) in [6, 6.07) is 30.2. The third-order valence-corrected chi connectivity index (χ3v) is 8.95. The van der Waals surface area contributed by atoms with Crippen LogP contribution in [0.5, 0.6) is 0 Å². The fourth-order valence-electron chi connectivity index (χ4n) is 6.33. The third kappa shape index (κ3) is 6.90. The van der Waals surface area contributed by atoms with E-state index in [0.717, 1.165) is 59.1 Å². The summed E-state index contributed by atoms with van der Waals surface area (Å²) in [6.07, 6.45) is 5.08. The van der Waals surface area contributed by atoms with E-state index < -0.39 is 0 Å². The number of nitrogens with zero attached hydrogens (tertiary/aromatic N) is 3. The van der Waals surface area contributed by atoms with Gasteiger partial charge >= 0.3 is 5.97 Å². The number of hydrogen-bond donors (Lipinski definition) is 3. The molecule has 4 aromatic carbocycles. The molecule has 0 spiro atoms. The molecule has 0 aliphatic carbocycles. The molecule has 49 heavy (non-hydrogen) atoms. The first kappa shape index (κ1) is 31.7. The maximum Gasteiger partial charge on any atom is 0.325 e. The van der Waals surface area contributed by atoms with Gasteiger partial charge in [-0.05, 0) is 117 Å². The summed E-state index contributed by atoms with van der Waals surface area (Å²) >= 11 is 0. The monoisotopic (exact) mass is 655 g/mol. The van der Waals surface area contributed by atoms with Crippen molar-refractivity contribution in [2.45, 2.75) is 32.4 Å². The molecular formula is C39H37N5O5. The van der Waals surface area contributed by atoms with Crippen LogP contribution in [0.1, 0.15) is 40.5 Å². The van der Waals surface area contributed by atoms with Crippen molar-refractivity contribution in [3.8, 4) is 5.69 Å². The molecule has 1 saturated heterocycles. The lowest BCUT2D eigenvalue weighted by molar-refractivity contribution is -0.143. The number of piperidine rings is 1. The van der Waals surface area contributed by atoms with Crippen molar-refractivity contribution in [1.82, 2.24) is 9.13 Å². The van der Waals surface area contributed by atoms with Crippen molar-refractivity contribution in [2.75, 3.05) is 35.2 Å². The van der Waals surface area contributed by atoms with E-state index in [1.54, 1.807) is 19.1 Å². The summed E-state index contributed by atoms with van der Waals surface area (Å²) in [5.74, 6) is -0.701. The van der Waals surface area contributed by atoms with Crippen LogP contribution in [0.4, 0.5) is 17.1 Å². The maximum atomic E-state index is 13.1. The van der Waals surface area contributed by atoms with Gasteiger partial charge in [0.1, 0.15) is 6.54 Å². The van der Waals surface area contributed by atoms with Gasteiger partial charge in [-0.2, -0.15) is 0 Å². The summed E-state index contributed by atoms with van der Waals surface area (Å²) in [5, 5.41) is 17.6. The van der Waals surface area contributed by atoms with Crippen LogP contribution in [0, 0.1) is 0 Å². The second-order valence-corrected chi connectivity index (χ2v) is 12.2. The molecule has 10 heteroatoms. The fourth-order valence-corrected chi connectivity index (χ4v) is 6.33. The number of nitrogens with one attached hydrogen (secondary N) is 2. The number of ether oxygens (including phenoxy) is 1. The smallest absolute Gasteiger partial charge is 0.325 e. The number of amides is 2. The van der Waals surface area contributed by atoms with Crippen molar-refractivity contribution in [3.05, 3.63) is 121 Å². The van der Waals surface area contributed by atoms with Gasteiger partial charge in [0.2, 0.25) is 0 Å². The first-order valence-corrected chi connectivity index (χ1v) is 16.5. The van der Waals surface area contributed by atoms with Crippen LogP contribution in [-0.2, 0) is 16.1 Å². The third-order valence-electron chi connectivity index (χ3n) is 8.95. The summed E-state index contributed by atoms with van der Waals surface area (Å²) in [5.41, 5.74) is 6.26. The highest BCUT2D eigenvalue weighted by Gasteiger charge is 2.18. The van der Waals surface area contributed by atoms with Gasteiger partial charge in [0.05, 0.1) is 18.2 Å². The lowest BCUT2D eigenvalue weighted by Crippen LogP contribution is -2.35. The Bertz CT molecular complexity index is 2140. The molecule has 0 saturated carbocycles. The number of aliphatic hydroxyl groups excluding tert-OH is 1. The van der Waals surface area contributed by atoms with Gasteiger partial charge in [0, 0.05) is 75.6 Å². The number of fused-ring (bicyclic) bond motifs is 2. The molecule has 248 valence electrons. The Hall–Kier alpha value is -5.87. The van der Waals surface area contributed by atoms with Crippen LogP contribution in [0.2, 0.25) is 0 Å². The van der Waals surface area contributed by atoms with Gasteiger partial charge in [-0.15, -0.1) is 0 Å². The quantitative estimate of drug-likeness (QED) is 0.151. The number of esters is 1. The minimum atomic E-state index is -0.295. The molecule has 1 aliphatic rings. The van der Waals surface area contributed by atoms with Gasteiger partial charge in [0.25, 0.3) is 11.8 Å². The molecule has 0 atom stereocenters. The van der Waals surface area contributed by atoms with Crippen molar-refractivity contribution in [2.24, 2.45) is 0 Å². The van der Waals surface area contributed by atoms with E-state index in [0.29, 0.717) is 29.1 Å². The number of benzene rings is 4. The molecule has 3 N–H and O–H groups in total. The van der Waals surface area contributed by atoms with Crippen LogP contribution in [-0.4, -0.2) is 57.8 Å². The van der Waals surface area contributed by atoms with E-state index in [9.17, 15) is 19.5 Å². The van der Waals surface area contributed by atoms with Crippen LogP contribution in [0.3, 0.4) is 0 Å². The largest absolute Gasteiger partial charge is 0.465 e. The predicted octanol–water partition coefficient (Wildman–Crippen LogP) is 6.61. The average Bonchev–Trinajstić information content (AvgIpc) is 3.72. The van der Waals surface area contributed by atoms with Gasteiger partial charge < -0.3 is 34.5 Å². The van der Waals surface area contributed by atoms with Gasteiger partial charge in [-0.25, -0.2) is 0 Å². The molecule has 0 bridgehead atoms. The number of rotatable bonds is 9. The van der Waals surface area contributed by atoms with Gasteiger partial charge in [0.15, 0.2) is 0 Å². The highest BCUT2D eigenvalue weighted by Crippen LogP contribution is 2.26. The van der Waals surface area contributed by atoms with Crippen molar-refractivity contribution < 1.29 is 24.2 Å². The molecule has 2 amide bonds. The summed E-state index contributed by atoms with van der Waals surface area (Å²) < 4.78 is 8.92. The van der Waals surface area contributed by atoms with Crippen LogP contribution in [0.25, 0.3) is 27.5 Å². The highest BCUT2D eigenvalue weighted by atomic mass is 16.5. The minimum Gasteiger partial charge on any atom is -0.465 e. The molecule has 0 unspecified atom stereocenters. The van der Waals surface area contributed by atoms with Gasteiger partial charge in [-0.3, -0.25) is 14.4 Å². The lowest BCUT2D eigenvalue weighted by atomic mass is 10.1. The topological polar surface area (TPSA) is 118 Å². The molecule has 2 aromatic heterocycles. The Morgan fingerprint density at radius 2 is 1.27 bits per heavy atom. The standard InChI is InChI=1S/C39H37N5O5/c1-2-49-37(46)25-43-19-15-28-23-30(7-13-35(28)43)40-39(48)27-5-11-33(12-6-27)44-22-16-29-24-31(8-14-36(29)44)41-38(47)26-3-9-32(10-4-26)42-20-17-34(45)18-21-42/h3-16,19,22-24,34,45H,2,17-18,20-21,25H2,1H3,(H,40,48)(H,41,47). The maximum absolute atomic E-state index is 13.1. The number of carbonyl (C=O) groups is 3. The minimum absolute atomic E-state index is 0.131. The molecule has 7 rings (SSSR count). The highest BCUT2D eigenvalue weighted by molar-refractivity contribution is 6.06. The van der Waals surface area contributed by atoms with Crippen molar-refractivity contribution in [1.29, 1.82) is 0 Å². The van der Waals surface area contributed by atoms with Crippen molar-refractivity contribution in [3.63, 3.8) is 0 Å². The number of hydrogen-bond acceptors (Lipinski definition) is 6. The van der Waals surface area contributed by atoms with E-state index in [-0.39, 0.29) is 30.4 Å². The zero-order valence-corrected chi connectivity index (χ0v) is 27.1. The molecule has 3 heterocycles. The number of carbonyl (C=O) groups excluding carboxylic acids is 3. The predicted molar refractivity (Wildman–Crippen MR) is 192 cm³/mol. The molecule has 6 aromatic rings. The lowest BCUT2D eigenvalue weighted by Gasteiger charge is -2.31. The molecule has 1 fully saturated rings. The zero-order valence-electron chi connectivity index (χ0n) is 27.1. The van der Waals surface area contributed by atoms with Gasteiger partial charge in [-0.1, -0.05) is 0 Å². The Labute approximate surface area is 283 Å². The molecule has 0 radical (unpaired) electrons. The Balaban J connectivity index is 0.985. The summed E-state index contributed by atoms with van der Waals surface area (Å²) in [4.78, 5) is 40.2. The summed E-state index contributed by atoms with van der Waals surface area (Å²) in [7, 11) is 0. The number of aliphatic hydroxyl groups is 1. The first-order chi connectivity index (χ1) is 23.8. The molecule has 1 aliphatic heterocycles. The fraction of sp³-hybridized carbons (Fsp3) is 0.205. The average molecular weight is 656 g/mol. The number of aromatic nitrogens is 2. The van der Waals surface area contributed by atoms with E-state index >= 15 is 0 Å². The van der Waals surface area contributed by atoms with E-state index in [2.05, 4.69) is 15.5 Å². The number of anilines is 3. The second-order valence-electron chi connectivity index (χ2n) is 12.2. The summed E-state index contributed by atoms with van der Waals surface area (Å²) in [6.45, 7) is 3.86. The Morgan fingerprint density at radius 1 is 0.714 bits per heavy atom. The first-order valence-electron chi connectivity index (χ1n) is 16.5. The SMILES string of the molecule is CCOC(=O)Cn1ccc2cc(NC(=O)c3ccc(-n4ccc5cc(NC(=O)c6ccc(N7CCC(O)CC7)cc6)ccc54)cc3)ccc21. The zero-order chi connectivity index (χ0) is 33.9. The van der Waals surface area contributed by atoms with Crippen LogP contribution >= 0.6 is 0 Å².